The Bertz CT molecular complexity index is 692. The molecule has 0 bridgehead atoms. The predicted molar refractivity (Wildman–Crippen MR) is 74.5 cm³/mol. The van der Waals surface area contributed by atoms with E-state index in [1.54, 1.807) is 24.3 Å². The highest BCUT2D eigenvalue weighted by Gasteiger charge is 2.15. The number of rotatable bonds is 4. The summed E-state index contributed by atoms with van der Waals surface area (Å²) in [5, 5.41) is 13.7. The van der Waals surface area contributed by atoms with Crippen LogP contribution in [-0.4, -0.2) is 11.1 Å². The zero-order valence-electron chi connectivity index (χ0n) is 11.4. The first-order valence-electron chi connectivity index (χ1n) is 6.39. The van der Waals surface area contributed by atoms with E-state index in [2.05, 4.69) is 10.6 Å². The van der Waals surface area contributed by atoms with Crippen molar-refractivity contribution in [3.63, 3.8) is 0 Å². The highest BCUT2D eigenvalue weighted by molar-refractivity contribution is 5.89. The SMILES string of the molecule is O=C(NCc1ccccc1CO)Nc1ccc(F)c(F)c1F. The fraction of sp³-hybridized carbons (Fsp3) is 0.133. The van der Waals surface area contributed by atoms with Gasteiger partial charge < -0.3 is 15.7 Å². The summed E-state index contributed by atoms with van der Waals surface area (Å²) in [5.41, 5.74) is 0.861. The van der Waals surface area contributed by atoms with Crippen LogP contribution in [0, 0.1) is 17.5 Å². The van der Waals surface area contributed by atoms with Gasteiger partial charge in [0.05, 0.1) is 12.3 Å². The lowest BCUT2D eigenvalue weighted by molar-refractivity contribution is 0.251. The maximum Gasteiger partial charge on any atom is 0.319 e. The zero-order valence-corrected chi connectivity index (χ0v) is 11.4. The first-order chi connectivity index (χ1) is 10.5. The van der Waals surface area contributed by atoms with E-state index >= 15 is 0 Å². The summed E-state index contributed by atoms with van der Waals surface area (Å²) in [4.78, 5) is 11.7. The van der Waals surface area contributed by atoms with Gasteiger partial charge in [0.25, 0.3) is 0 Å². The smallest absolute Gasteiger partial charge is 0.319 e. The molecule has 0 atom stereocenters. The average molecular weight is 310 g/mol. The minimum atomic E-state index is -1.65. The first kappa shape index (κ1) is 15.8. The van der Waals surface area contributed by atoms with Crippen LogP contribution in [0.1, 0.15) is 11.1 Å². The molecule has 0 saturated heterocycles. The Balaban J connectivity index is 2.01. The first-order valence-corrected chi connectivity index (χ1v) is 6.39. The van der Waals surface area contributed by atoms with Gasteiger partial charge in [0.2, 0.25) is 0 Å². The van der Waals surface area contributed by atoms with E-state index in [-0.39, 0.29) is 13.2 Å². The van der Waals surface area contributed by atoms with Gasteiger partial charge >= 0.3 is 6.03 Å². The topological polar surface area (TPSA) is 61.4 Å². The van der Waals surface area contributed by atoms with Crippen molar-refractivity contribution in [2.24, 2.45) is 0 Å². The number of halogens is 3. The molecule has 116 valence electrons. The van der Waals surface area contributed by atoms with E-state index in [0.717, 1.165) is 12.1 Å². The number of hydrogen-bond donors (Lipinski definition) is 3. The van der Waals surface area contributed by atoms with Gasteiger partial charge in [-0.1, -0.05) is 24.3 Å². The molecule has 2 rings (SSSR count). The van der Waals surface area contributed by atoms with Crippen molar-refractivity contribution >= 4 is 11.7 Å². The lowest BCUT2D eigenvalue weighted by atomic mass is 10.1. The molecule has 2 amide bonds. The molecule has 0 heterocycles. The molecule has 0 fully saturated rings. The van der Waals surface area contributed by atoms with Crippen molar-refractivity contribution in [1.29, 1.82) is 0 Å². The van der Waals surface area contributed by atoms with Gasteiger partial charge in [0.15, 0.2) is 17.5 Å². The number of carbonyl (C=O) groups is 1. The van der Waals surface area contributed by atoms with Crippen LogP contribution in [0.25, 0.3) is 0 Å². The molecule has 0 spiro atoms. The highest BCUT2D eigenvalue weighted by atomic mass is 19.2. The van der Waals surface area contributed by atoms with Crippen LogP contribution in [0.15, 0.2) is 36.4 Å². The predicted octanol–water partition coefficient (Wildman–Crippen LogP) is 2.92. The van der Waals surface area contributed by atoms with Crippen LogP contribution in [0.5, 0.6) is 0 Å². The van der Waals surface area contributed by atoms with Crippen LogP contribution in [-0.2, 0) is 13.2 Å². The molecule has 3 N–H and O–H groups in total. The van der Waals surface area contributed by atoms with Crippen molar-refractivity contribution in [3.05, 3.63) is 65.0 Å². The molecule has 0 radical (unpaired) electrons. The van der Waals surface area contributed by atoms with E-state index in [9.17, 15) is 18.0 Å². The van der Waals surface area contributed by atoms with Crippen molar-refractivity contribution in [2.75, 3.05) is 5.32 Å². The molecular formula is C15H13F3N2O2. The Kier molecular flexibility index (Phi) is 5.00. The third-order valence-electron chi connectivity index (χ3n) is 3.01. The average Bonchev–Trinajstić information content (AvgIpc) is 2.53. The van der Waals surface area contributed by atoms with Crippen LogP contribution in [0.4, 0.5) is 23.7 Å². The number of carbonyl (C=O) groups excluding carboxylic acids is 1. The largest absolute Gasteiger partial charge is 0.392 e. The monoisotopic (exact) mass is 310 g/mol. The van der Waals surface area contributed by atoms with Gasteiger partial charge in [-0.25, -0.2) is 18.0 Å². The van der Waals surface area contributed by atoms with Crippen molar-refractivity contribution in [1.82, 2.24) is 5.32 Å². The van der Waals surface area contributed by atoms with E-state index in [1.807, 2.05) is 0 Å². The van der Waals surface area contributed by atoms with Crippen molar-refractivity contribution in [2.45, 2.75) is 13.2 Å². The van der Waals surface area contributed by atoms with Gasteiger partial charge in [-0.15, -0.1) is 0 Å². The minimum Gasteiger partial charge on any atom is -0.392 e. The number of urea groups is 1. The second kappa shape index (κ2) is 6.95. The van der Waals surface area contributed by atoms with Crippen molar-refractivity contribution in [3.8, 4) is 0 Å². The van der Waals surface area contributed by atoms with Crippen LogP contribution >= 0.6 is 0 Å². The Morgan fingerprint density at radius 2 is 1.68 bits per heavy atom. The molecule has 0 aliphatic carbocycles. The number of anilines is 1. The number of aliphatic hydroxyl groups is 1. The van der Waals surface area contributed by atoms with Gasteiger partial charge in [0.1, 0.15) is 0 Å². The van der Waals surface area contributed by atoms with Gasteiger partial charge in [-0.05, 0) is 23.3 Å². The maximum absolute atomic E-state index is 13.4. The zero-order chi connectivity index (χ0) is 16.1. The fourth-order valence-electron chi connectivity index (χ4n) is 1.85. The molecule has 4 nitrogen and oxygen atoms in total. The Morgan fingerprint density at radius 1 is 1.00 bits per heavy atom. The molecule has 22 heavy (non-hydrogen) atoms. The molecular weight excluding hydrogens is 297 g/mol. The molecule has 2 aromatic rings. The summed E-state index contributed by atoms with van der Waals surface area (Å²) in [5.74, 6) is -4.45. The van der Waals surface area contributed by atoms with Crippen LogP contribution < -0.4 is 10.6 Å². The highest BCUT2D eigenvalue weighted by Crippen LogP contribution is 2.19. The van der Waals surface area contributed by atoms with Crippen LogP contribution in [0.2, 0.25) is 0 Å². The summed E-state index contributed by atoms with van der Waals surface area (Å²) in [6.07, 6.45) is 0. The summed E-state index contributed by atoms with van der Waals surface area (Å²) < 4.78 is 39.2. The molecule has 0 saturated carbocycles. The number of amides is 2. The minimum absolute atomic E-state index is 0.0911. The second-order valence-electron chi connectivity index (χ2n) is 4.46. The summed E-state index contributed by atoms with van der Waals surface area (Å²) in [6.45, 7) is -0.0921. The quantitative estimate of drug-likeness (QED) is 0.760. The Labute approximate surface area is 124 Å². The number of nitrogens with one attached hydrogen (secondary N) is 2. The van der Waals surface area contributed by atoms with E-state index in [0.29, 0.717) is 11.1 Å². The molecule has 0 aliphatic heterocycles. The normalized spacial score (nSPS) is 10.4. The van der Waals surface area contributed by atoms with Gasteiger partial charge in [-0.2, -0.15) is 0 Å². The third kappa shape index (κ3) is 3.56. The lowest BCUT2D eigenvalue weighted by Gasteiger charge is -2.11. The van der Waals surface area contributed by atoms with Crippen molar-refractivity contribution < 1.29 is 23.1 Å². The molecule has 0 aliphatic rings. The molecule has 0 aromatic heterocycles. The van der Waals surface area contributed by atoms with Crippen LogP contribution in [0.3, 0.4) is 0 Å². The maximum atomic E-state index is 13.4. The van der Waals surface area contributed by atoms with E-state index < -0.39 is 29.2 Å². The van der Waals surface area contributed by atoms with E-state index in [1.165, 1.54) is 0 Å². The van der Waals surface area contributed by atoms with E-state index in [4.69, 9.17) is 5.11 Å². The van der Waals surface area contributed by atoms with Gasteiger partial charge in [0, 0.05) is 6.54 Å². The number of hydrogen-bond acceptors (Lipinski definition) is 2. The standard InChI is InChI=1S/C15H13F3N2O2/c16-11-5-6-12(14(18)13(11)17)20-15(22)19-7-9-3-1-2-4-10(9)8-21/h1-6,21H,7-8H2,(H2,19,20,22). The second-order valence-corrected chi connectivity index (χ2v) is 4.46. The Hall–Kier alpha value is -2.54. The lowest BCUT2D eigenvalue weighted by Crippen LogP contribution is -2.29. The summed E-state index contributed by atoms with van der Waals surface area (Å²) >= 11 is 0. The fourth-order valence-corrected chi connectivity index (χ4v) is 1.85. The molecule has 2 aromatic carbocycles. The Morgan fingerprint density at radius 3 is 2.36 bits per heavy atom. The number of aliphatic hydroxyl groups excluding tert-OH is 1. The summed E-state index contributed by atoms with van der Waals surface area (Å²) in [6, 6.07) is 7.75. The molecule has 0 unspecified atom stereocenters. The third-order valence-corrected chi connectivity index (χ3v) is 3.01. The van der Waals surface area contributed by atoms with Gasteiger partial charge in [-0.3, -0.25) is 0 Å². The number of benzene rings is 2. The molecule has 7 heteroatoms. The summed E-state index contributed by atoms with van der Waals surface area (Å²) in [7, 11) is 0.